The number of aryl methyl sites for hydroxylation is 2. The summed E-state index contributed by atoms with van der Waals surface area (Å²) in [7, 11) is 0. The van der Waals surface area contributed by atoms with Gasteiger partial charge in [0.1, 0.15) is 0 Å². The van der Waals surface area contributed by atoms with Crippen molar-refractivity contribution >= 4 is 5.78 Å². The minimum atomic E-state index is 0.311. The fraction of sp³-hybridized carbons (Fsp3) is 0.615. The van der Waals surface area contributed by atoms with Crippen molar-refractivity contribution in [2.45, 2.75) is 45.6 Å². The van der Waals surface area contributed by atoms with Gasteiger partial charge in [-0.1, -0.05) is 12.8 Å². The van der Waals surface area contributed by atoms with Crippen molar-refractivity contribution in [3.05, 3.63) is 23.3 Å². The van der Waals surface area contributed by atoms with E-state index in [9.17, 15) is 0 Å². The Balaban J connectivity index is 2.06. The van der Waals surface area contributed by atoms with Crippen LogP contribution >= 0.6 is 0 Å². The van der Waals surface area contributed by atoms with Crippen LogP contribution in [0, 0.1) is 13.8 Å². The summed E-state index contributed by atoms with van der Waals surface area (Å²) in [6.07, 6.45) is 4.94. The quantitative estimate of drug-likeness (QED) is 0.834. The van der Waals surface area contributed by atoms with Crippen LogP contribution < -0.4 is 5.32 Å². The molecule has 3 rings (SSSR count). The minimum Gasteiger partial charge on any atom is -0.307 e. The van der Waals surface area contributed by atoms with Crippen molar-refractivity contribution in [3.63, 3.8) is 0 Å². The Morgan fingerprint density at radius 1 is 1.22 bits per heavy atom. The lowest BCUT2D eigenvalue weighted by Crippen LogP contribution is -2.23. The molecule has 0 aliphatic carbocycles. The maximum Gasteiger partial charge on any atom is 0.255 e. The van der Waals surface area contributed by atoms with Crippen LogP contribution in [0.4, 0.5) is 0 Å². The second-order valence-electron chi connectivity index (χ2n) is 5.09. The fourth-order valence-electron chi connectivity index (χ4n) is 2.73. The van der Waals surface area contributed by atoms with Crippen LogP contribution in [-0.2, 0) is 0 Å². The molecule has 0 saturated carbocycles. The van der Waals surface area contributed by atoms with Gasteiger partial charge in [0.2, 0.25) is 0 Å². The molecule has 3 heterocycles. The Hall–Kier alpha value is -1.49. The highest BCUT2D eigenvalue weighted by molar-refractivity contribution is 5.33. The number of hydrogen-bond donors (Lipinski definition) is 1. The average molecular weight is 245 g/mol. The molecular formula is C13H19N5. The second-order valence-corrected chi connectivity index (χ2v) is 5.09. The summed E-state index contributed by atoms with van der Waals surface area (Å²) in [4.78, 5) is 4.44. The van der Waals surface area contributed by atoms with Crippen LogP contribution in [0.3, 0.4) is 0 Å². The first-order valence-corrected chi connectivity index (χ1v) is 6.68. The molecule has 0 spiro atoms. The van der Waals surface area contributed by atoms with Gasteiger partial charge >= 0.3 is 0 Å². The molecule has 18 heavy (non-hydrogen) atoms. The van der Waals surface area contributed by atoms with Gasteiger partial charge in [0.05, 0.1) is 6.04 Å². The Morgan fingerprint density at radius 2 is 2.11 bits per heavy atom. The fourth-order valence-corrected chi connectivity index (χ4v) is 2.73. The molecule has 2 aromatic heterocycles. The Kier molecular flexibility index (Phi) is 2.99. The minimum absolute atomic E-state index is 0.311. The van der Waals surface area contributed by atoms with Gasteiger partial charge in [0, 0.05) is 11.4 Å². The summed E-state index contributed by atoms with van der Waals surface area (Å²) in [5.41, 5.74) is 2.15. The van der Waals surface area contributed by atoms with Crippen molar-refractivity contribution in [3.8, 4) is 0 Å². The third kappa shape index (κ3) is 1.99. The number of nitrogens with zero attached hydrogens (tertiary/aromatic N) is 4. The number of nitrogens with one attached hydrogen (secondary N) is 1. The van der Waals surface area contributed by atoms with Gasteiger partial charge in [-0.3, -0.25) is 4.40 Å². The molecule has 0 bridgehead atoms. The first kappa shape index (κ1) is 11.6. The predicted molar refractivity (Wildman–Crippen MR) is 69.5 cm³/mol. The van der Waals surface area contributed by atoms with E-state index in [1.54, 1.807) is 0 Å². The summed E-state index contributed by atoms with van der Waals surface area (Å²) in [6, 6.07) is 2.39. The molecule has 1 fully saturated rings. The number of hydrogen-bond acceptors (Lipinski definition) is 4. The van der Waals surface area contributed by atoms with Gasteiger partial charge in [-0.05, 0) is 39.3 Å². The second kappa shape index (κ2) is 4.65. The lowest BCUT2D eigenvalue weighted by molar-refractivity contribution is 0.502. The molecule has 1 N–H and O–H groups in total. The largest absolute Gasteiger partial charge is 0.307 e. The van der Waals surface area contributed by atoms with E-state index >= 15 is 0 Å². The van der Waals surface area contributed by atoms with E-state index in [0.29, 0.717) is 11.8 Å². The average Bonchev–Trinajstić information content (AvgIpc) is 2.59. The molecule has 1 unspecified atom stereocenters. The SMILES string of the molecule is Cc1cc(C)n2c(C3CCCCCN3)nnc2n1. The zero-order valence-electron chi connectivity index (χ0n) is 11.0. The van der Waals surface area contributed by atoms with E-state index in [4.69, 9.17) is 0 Å². The molecule has 0 amide bonds. The maximum absolute atomic E-state index is 4.44. The van der Waals surface area contributed by atoms with Gasteiger partial charge in [-0.15, -0.1) is 10.2 Å². The molecule has 96 valence electrons. The first-order valence-electron chi connectivity index (χ1n) is 6.68. The van der Waals surface area contributed by atoms with Crippen molar-refractivity contribution in [2.75, 3.05) is 6.54 Å². The summed E-state index contributed by atoms with van der Waals surface area (Å²) >= 11 is 0. The third-order valence-corrected chi connectivity index (χ3v) is 3.59. The normalized spacial score (nSPS) is 21.1. The van der Waals surface area contributed by atoms with Crippen molar-refractivity contribution in [1.82, 2.24) is 24.9 Å². The lowest BCUT2D eigenvalue weighted by atomic mass is 10.1. The molecule has 1 saturated heterocycles. The van der Waals surface area contributed by atoms with Gasteiger partial charge < -0.3 is 5.32 Å². The molecule has 1 atom stereocenters. The monoisotopic (exact) mass is 245 g/mol. The van der Waals surface area contributed by atoms with E-state index in [1.165, 1.54) is 19.3 Å². The van der Waals surface area contributed by atoms with Crippen LogP contribution in [0.25, 0.3) is 5.78 Å². The smallest absolute Gasteiger partial charge is 0.255 e. The molecule has 1 aliphatic rings. The van der Waals surface area contributed by atoms with Crippen LogP contribution in [0.1, 0.15) is 48.9 Å². The predicted octanol–water partition coefficient (Wildman–Crippen LogP) is 1.95. The van der Waals surface area contributed by atoms with E-state index in [2.05, 4.69) is 37.9 Å². The number of aromatic nitrogens is 4. The molecule has 5 nitrogen and oxygen atoms in total. The summed E-state index contributed by atoms with van der Waals surface area (Å²) in [5, 5.41) is 12.1. The molecular weight excluding hydrogens is 226 g/mol. The van der Waals surface area contributed by atoms with Crippen LogP contribution in [-0.4, -0.2) is 26.1 Å². The van der Waals surface area contributed by atoms with Gasteiger partial charge in [-0.2, -0.15) is 0 Å². The molecule has 5 heteroatoms. The molecule has 2 aromatic rings. The van der Waals surface area contributed by atoms with E-state index in [1.807, 2.05) is 6.92 Å². The van der Waals surface area contributed by atoms with E-state index in [-0.39, 0.29) is 0 Å². The van der Waals surface area contributed by atoms with Crippen LogP contribution in [0.2, 0.25) is 0 Å². The molecule has 0 aromatic carbocycles. The Morgan fingerprint density at radius 3 is 3.00 bits per heavy atom. The van der Waals surface area contributed by atoms with Crippen LogP contribution in [0.5, 0.6) is 0 Å². The van der Waals surface area contributed by atoms with E-state index in [0.717, 1.165) is 30.2 Å². The standard InChI is InChI=1S/C13H19N5/c1-9-8-10(2)18-12(16-17-13(18)15-9)11-6-4-3-5-7-14-11/h8,11,14H,3-7H2,1-2H3. The highest BCUT2D eigenvalue weighted by Crippen LogP contribution is 2.22. The Labute approximate surface area is 107 Å². The van der Waals surface area contributed by atoms with Gasteiger partial charge in [-0.25, -0.2) is 4.98 Å². The zero-order valence-corrected chi connectivity index (χ0v) is 11.0. The zero-order chi connectivity index (χ0) is 12.5. The molecule has 0 radical (unpaired) electrons. The van der Waals surface area contributed by atoms with Crippen molar-refractivity contribution in [2.24, 2.45) is 0 Å². The van der Waals surface area contributed by atoms with Gasteiger partial charge in [0.15, 0.2) is 5.82 Å². The number of fused-ring (bicyclic) bond motifs is 1. The maximum atomic E-state index is 4.44. The lowest BCUT2D eigenvalue weighted by Gasteiger charge is -2.14. The summed E-state index contributed by atoms with van der Waals surface area (Å²) < 4.78 is 2.08. The summed E-state index contributed by atoms with van der Waals surface area (Å²) in [5.74, 6) is 1.73. The van der Waals surface area contributed by atoms with Crippen LogP contribution in [0.15, 0.2) is 6.07 Å². The van der Waals surface area contributed by atoms with Gasteiger partial charge in [0.25, 0.3) is 5.78 Å². The summed E-state index contributed by atoms with van der Waals surface area (Å²) in [6.45, 7) is 5.15. The number of rotatable bonds is 1. The van der Waals surface area contributed by atoms with Crippen molar-refractivity contribution < 1.29 is 0 Å². The molecule has 1 aliphatic heterocycles. The third-order valence-electron chi connectivity index (χ3n) is 3.59. The highest BCUT2D eigenvalue weighted by atomic mass is 15.3. The van der Waals surface area contributed by atoms with Crippen molar-refractivity contribution in [1.29, 1.82) is 0 Å². The highest BCUT2D eigenvalue weighted by Gasteiger charge is 2.20. The van der Waals surface area contributed by atoms with E-state index < -0.39 is 0 Å². The topological polar surface area (TPSA) is 55.1 Å². The first-order chi connectivity index (χ1) is 8.75. The Bertz CT molecular complexity index is 552.